The molecule has 2 aliphatic heterocycles. The van der Waals surface area contributed by atoms with Crippen molar-refractivity contribution < 1.29 is 19.8 Å². The molecule has 0 aliphatic carbocycles. The molecule has 0 atom stereocenters. The fraction of sp³-hybridized carbons (Fsp3) is 0.294. The lowest BCUT2D eigenvalue weighted by Crippen LogP contribution is -2.25. The van der Waals surface area contributed by atoms with Gasteiger partial charge in [0.05, 0.1) is 0 Å². The number of hydrogen-bond donors (Lipinski definition) is 7. The maximum absolute atomic E-state index is 11.6. The molecule has 6 heterocycles. The number of aliphatic carboxylic acids is 2. The third kappa shape index (κ3) is 5.52. The van der Waals surface area contributed by atoms with Crippen molar-refractivity contribution in [1.29, 1.82) is 0 Å². The average molecular weight is 629 g/mol. The molecule has 4 aromatic heterocycles. The average Bonchev–Trinajstić information content (AvgIpc) is 3.49. The van der Waals surface area contributed by atoms with Crippen molar-refractivity contribution in [1.82, 2.24) is 19.9 Å². The molecule has 0 saturated carbocycles. The number of H-pyrrole nitrogens is 4. The fourth-order valence-electron chi connectivity index (χ4n) is 6.37. The lowest BCUT2D eigenvalue weighted by molar-refractivity contribution is -0.138. The maximum atomic E-state index is 11.6. The third-order valence-electron chi connectivity index (χ3n) is 8.80. The number of rotatable bonds is 6. The van der Waals surface area contributed by atoms with Crippen molar-refractivity contribution in [3.05, 3.63) is 88.0 Å². The van der Waals surface area contributed by atoms with E-state index < -0.39 is 11.9 Å². The molecule has 1 fully saturated rings. The maximum Gasteiger partial charge on any atom is 0.303 e. The van der Waals surface area contributed by atoms with Crippen LogP contribution in [0.1, 0.15) is 75.9 Å². The molecule has 228 valence electrons. The molecule has 6 N–H and O–H groups in total. The summed E-state index contributed by atoms with van der Waals surface area (Å²) in [5.41, 5.74) is 9.73. The fourth-order valence-corrected chi connectivity index (χ4v) is 7.28. The zero-order chi connectivity index (χ0) is 31.4. The molecule has 0 unspecified atom stereocenters. The smallest absolute Gasteiger partial charge is 0.303 e. The Labute approximate surface area is 263 Å². The highest BCUT2D eigenvalue weighted by atomic mass is 32.2. The van der Waals surface area contributed by atoms with Crippen LogP contribution in [-0.2, 0) is 22.4 Å². The van der Waals surface area contributed by atoms with E-state index in [2.05, 4.69) is 52.0 Å². The van der Waals surface area contributed by atoms with Crippen molar-refractivity contribution in [3.8, 4) is 0 Å². The van der Waals surface area contributed by atoms with E-state index in [1.165, 1.54) is 15.7 Å². The first kappa shape index (κ1) is 30.0. The van der Waals surface area contributed by atoms with E-state index in [0.717, 1.165) is 87.9 Å². The SMILES string of the molecule is C/C(S)=c1/c(C)c2[nH]/c1=C\c1[nH]c(c(CCC(=O)O)c1C)/C=c1\[nH]/c(c(C)c1CCC(=O)O)=C\c1[nH]c(/c(=C3/CS3)c1C)=C\2. The lowest BCUT2D eigenvalue weighted by Gasteiger charge is -2.01. The number of carboxylic acids is 2. The van der Waals surface area contributed by atoms with Gasteiger partial charge in [-0.2, -0.15) is 0 Å². The Morgan fingerprint density at radius 3 is 1.89 bits per heavy atom. The summed E-state index contributed by atoms with van der Waals surface area (Å²) in [5.74, 6) is -0.707. The minimum atomic E-state index is -0.861. The number of hydrogen-bond acceptors (Lipinski definition) is 4. The van der Waals surface area contributed by atoms with E-state index in [9.17, 15) is 19.8 Å². The van der Waals surface area contributed by atoms with Gasteiger partial charge in [-0.25, -0.2) is 0 Å². The van der Waals surface area contributed by atoms with E-state index in [4.69, 9.17) is 12.6 Å². The van der Waals surface area contributed by atoms with Crippen LogP contribution in [0, 0.1) is 27.7 Å². The van der Waals surface area contributed by atoms with Crippen LogP contribution in [-0.4, -0.2) is 47.8 Å². The van der Waals surface area contributed by atoms with Crippen molar-refractivity contribution in [2.24, 2.45) is 0 Å². The molecule has 44 heavy (non-hydrogen) atoms. The Morgan fingerprint density at radius 2 is 1.25 bits per heavy atom. The molecular formula is C34H36N4O4S2. The number of fused-ring (bicyclic) bond motifs is 8. The number of aromatic nitrogens is 4. The van der Waals surface area contributed by atoms with E-state index in [0.29, 0.717) is 12.8 Å². The second kappa shape index (κ2) is 11.5. The summed E-state index contributed by atoms with van der Waals surface area (Å²) in [6.07, 6.45) is 9.09. The van der Waals surface area contributed by atoms with Gasteiger partial charge in [0.25, 0.3) is 0 Å². The highest BCUT2D eigenvalue weighted by molar-refractivity contribution is 8.17. The first-order valence-electron chi connectivity index (χ1n) is 14.6. The first-order chi connectivity index (χ1) is 20.9. The zero-order valence-electron chi connectivity index (χ0n) is 25.4. The summed E-state index contributed by atoms with van der Waals surface area (Å²) in [7, 11) is 0. The number of carbonyl (C=O) groups is 2. The second-order valence-electron chi connectivity index (χ2n) is 11.7. The van der Waals surface area contributed by atoms with E-state index in [1.807, 2.05) is 38.6 Å². The summed E-state index contributed by atoms with van der Waals surface area (Å²) in [5, 5.41) is 25.0. The highest BCUT2D eigenvalue weighted by Gasteiger charge is 2.19. The quantitative estimate of drug-likeness (QED) is 0.114. The molecule has 1 saturated heterocycles. The first-order valence-corrected chi connectivity index (χ1v) is 16.1. The number of thioether (sulfide) groups is 1. The van der Waals surface area contributed by atoms with Gasteiger partial charge in [0.2, 0.25) is 0 Å². The van der Waals surface area contributed by atoms with Gasteiger partial charge in [-0.05, 0) is 110 Å². The van der Waals surface area contributed by atoms with Crippen LogP contribution in [0.25, 0.3) is 34.1 Å². The van der Waals surface area contributed by atoms with Crippen LogP contribution in [0.3, 0.4) is 0 Å². The molecule has 2 aliphatic rings. The van der Waals surface area contributed by atoms with Crippen molar-refractivity contribution >= 4 is 70.4 Å². The van der Waals surface area contributed by atoms with E-state index >= 15 is 0 Å². The molecular weight excluding hydrogens is 593 g/mol. The summed E-state index contributed by atoms with van der Waals surface area (Å²) in [6, 6.07) is 0. The van der Waals surface area contributed by atoms with Crippen LogP contribution >= 0.6 is 24.4 Å². The van der Waals surface area contributed by atoms with Crippen LogP contribution in [0.2, 0.25) is 0 Å². The molecule has 0 aromatic carbocycles. The molecule has 10 heteroatoms. The monoisotopic (exact) mass is 628 g/mol. The summed E-state index contributed by atoms with van der Waals surface area (Å²) >= 11 is 6.62. The number of aromatic amines is 4. The Morgan fingerprint density at radius 1 is 0.705 bits per heavy atom. The summed E-state index contributed by atoms with van der Waals surface area (Å²) < 4.78 is 0. The Hall–Kier alpha value is -4.02. The van der Waals surface area contributed by atoms with E-state index in [1.54, 1.807) is 0 Å². The van der Waals surface area contributed by atoms with Gasteiger partial charge in [0, 0.05) is 78.1 Å². The summed E-state index contributed by atoms with van der Waals surface area (Å²) in [4.78, 5) is 39.9. The van der Waals surface area contributed by atoms with Crippen molar-refractivity contribution in [2.75, 3.05) is 5.75 Å². The van der Waals surface area contributed by atoms with Crippen LogP contribution in [0.15, 0.2) is 0 Å². The van der Waals surface area contributed by atoms with E-state index in [-0.39, 0.29) is 12.8 Å². The summed E-state index contributed by atoms with van der Waals surface area (Å²) in [6.45, 7) is 10.3. The minimum absolute atomic E-state index is 0.00302. The van der Waals surface area contributed by atoms with Crippen molar-refractivity contribution in [3.63, 3.8) is 0 Å². The predicted octanol–water partition coefficient (Wildman–Crippen LogP) is 1.81. The van der Waals surface area contributed by atoms with Gasteiger partial charge in [0.1, 0.15) is 0 Å². The Bertz CT molecular complexity index is 2250. The standard InChI is InChI=1S/C34H36N4O4S2/c1-15-20(6-8-31(39)40)26-13-27-21(7-9-32(41)42)16(2)23(36-27)11-28-33(19(5)43)17(3)25(37-28)12-29-34(30-14-44-30)18(4)24(38-29)10-22(15)35-26/h10-13,35-38,43H,6-9,14H2,1-5H3,(H,39,40)(H,41,42)/b22-10-,26-13-,28-11-,29-12-,33-19+,34-30-. The normalized spacial score (nSPS) is 18.7. The zero-order valence-corrected chi connectivity index (χ0v) is 27.1. The van der Waals surface area contributed by atoms with Crippen LogP contribution in [0.4, 0.5) is 0 Å². The Balaban J connectivity index is 1.76. The van der Waals surface area contributed by atoms with Gasteiger partial charge in [-0.3, -0.25) is 9.59 Å². The molecule has 0 radical (unpaired) electrons. The molecule has 6 rings (SSSR count). The van der Waals surface area contributed by atoms with Gasteiger partial charge in [0.15, 0.2) is 0 Å². The van der Waals surface area contributed by atoms with Gasteiger partial charge in [-0.1, -0.05) is 0 Å². The van der Waals surface area contributed by atoms with Gasteiger partial charge >= 0.3 is 11.9 Å². The number of nitrogens with one attached hydrogen (secondary N) is 4. The highest BCUT2D eigenvalue weighted by Crippen LogP contribution is 2.35. The number of carboxylic acid groups (broad SMARTS) is 2. The molecule has 0 amide bonds. The third-order valence-corrected chi connectivity index (χ3v) is 9.80. The topological polar surface area (TPSA) is 138 Å². The van der Waals surface area contributed by atoms with Gasteiger partial charge in [-0.15, -0.1) is 24.4 Å². The van der Waals surface area contributed by atoms with Gasteiger partial charge < -0.3 is 30.1 Å². The Kier molecular flexibility index (Phi) is 7.83. The molecule has 8 bridgehead atoms. The van der Waals surface area contributed by atoms with Crippen LogP contribution in [0.5, 0.6) is 0 Å². The second-order valence-corrected chi connectivity index (χ2v) is 13.4. The van der Waals surface area contributed by atoms with Crippen molar-refractivity contribution in [2.45, 2.75) is 60.3 Å². The predicted molar refractivity (Wildman–Crippen MR) is 180 cm³/mol. The minimum Gasteiger partial charge on any atom is -0.481 e. The number of thiol groups is 1. The molecule has 8 nitrogen and oxygen atoms in total. The lowest BCUT2D eigenvalue weighted by atomic mass is 10.0. The van der Waals surface area contributed by atoms with Crippen LogP contribution < -0.4 is 31.8 Å². The molecule has 4 aromatic rings. The largest absolute Gasteiger partial charge is 0.481 e. The molecule has 0 spiro atoms.